The SMILES string of the molecule is CCCCNS(=O)(=O)c1ccc(OCC(=O)NCCN2CCOCC2)c(Cl)c1. The van der Waals surface area contributed by atoms with E-state index < -0.39 is 10.0 Å². The van der Waals surface area contributed by atoms with E-state index in [1.807, 2.05) is 6.92 Å². The third-order valence-electron chi connectivity index (χ3n) is 4.25. The molecule has 0 saturated carbocycles. The van der Waals surface area contributed by atoms with Crippen LogP contribution >= 0.6 is 11.6 Å². The standard InChI is InChI=1S/C18H28ClN3O5S/c1-2-3-6-21-28(24,25)15-4-5-17(16(19)13-15)27-14-18(23)20-7-8-22-9-11-26-12-10-22/h4-5,13,21H,2-3,6-12,14H2,1H3,(H,20,23). The number of hydrogen-bond acceptors (Lipinski definition) is 6. The lowest BCUT2D eigenvalue weighted by atomic mass is 10.3. The number of rotatable bonds is 11. The number of carbonyl (C=O) groups is 1. The van der Waals surface area contributed by atoms with Crippen LogP contribution in [0.1, 0.15) is 19.8 Å². The predicted octanol–water partition coefficient (Wildman–Crippen LogP) is 1.25. The second-order valence-corrected chi connectivity index (χ2v) is 8.61. The van der Waals surface area contributed by atoms with Crippen LogP contribution in [-0.2, 0) is 19.6 Å². The van der Waals surface area contributed by atoms with Crippen LogP contribution in [0.5, 0.6) is 5.75 Å². The van der Waals surface area contributed by atoms with Gasteiger partial charge in [0.1, 0.15) is 5.75 Å². The first-order valence-corrected chi connectivity index (χ1v) is 11.3. The Balaban J connectivity index is 1.78. The molecule has 1 saturated heterocycles. The van der Waals surface area contributed by atoms with E-state index in [2.05, 4.69) is 14.9 Å². The Morgan fingerprint density at radius 2 is 2.04 bits per heavy atom. The quantitative estimate of drug-likeness (QED) is 0.510. The van der Waals surface area contributed by atoms with E-state index in [9.17, 15) is 13.2 Å². The summed E-state index contributed by atoms with van der Waals surface area (Å²) in [6.45, 7) is 6.61. The van der Waals surface area contributed by atoms with Crippen LogP contribution in [-0.4, -0.2) is 71.8 Å². The minimum atomic E-state index is -3.61. The maximum Gasteiger partial charge on any atom is 0.257 e. The van der Waals surface area contributed by atoms with Crippen molar-refractivity contribution in [2.75, 3.05) is 52.5 Å². The molecule has 1 aliphatic heterocycles. The molecule has 1 fully saturated rings. The molecule has 0 bridgehead atoms. The summed E-state index contributed by atoms with van der Waals surface area (Å²) in [6, 6.07) is 4.19. The van der Waals surface area contributed by atoms with Gasteiger partial charge in [-0.2, -0.15) is 0 Å². The van der Waals surface area contributed by atoms with Crippen LogP contribution in [0.25, 0.3) is 0 Å². The fourth-order valence-corrected chi connectivity index (χ4v) is 4.00. The maximum atomic E-state index is 12.2. The Morgan fingerprint density at radius 1 is 1.29 bits per heavy atom. The van der Waals surface area contributed by atoms with Crippen LogP contribution in [0, 0.1) is 0 Å². The summed E-state index contributed by atoms with van der Waals surface area (Å²) < 4.78 is 37.6. The number of morpholine rings is 1. The number of ether oxygens (including phenoxy) is 2. The van der Waals surface area contributed by atoms with Gasteiger partial charge in [0.2, 0.25) is 10.0 Å². The lowest BCUT2D eigenvalue weighted by Crippen LogP contribution is -2.42. The smallest absolute Gasteiger partial charge is 0.257 e. The number of nitrogens with one attached hydrogen (secondary N) is 2. The molecule has 10 heteroatoms. The number of nitrogens with zero attached hydrogens (tertiary/aromatic N) is 1. The monoisotopic (exact) mass is 433 g/mol. The third kappa shape index (κ3) is 7.56. The average molecular weight is 434 g/mol. The van der Waals surface area contributed by atoms with Crippen molar-refractivity contribution in [2.45, 2.75) is 24.7 Å². The molecule has 0 aliphatic carbocycles. The first kappa shape index (κ1) is 22.9. The third-order valence-corrected chi connectivity index (χ3v) is 6.00. The van der Waals surface area contributed by atoms with Gasteiger partial charge in [0.25, 0.3) is 5.91 Å². The van der Waals surface area contributed by atoms with E-state index in [1.165, 1.54) is 18.2 Å². The Hall–Kier alpha value is -1.39. The highest BCUT2D eigenvalue weighted by Gasteiger charge is 2.16. The number of unbranched alkanes of at least 4 members (excludes halogenated alkanes) is 1. The molecule has 0 atom stereocenters. The van der Waals surface area contributed by atoms with Crippen molar-refractivity contribution < 1.29 is 22.7 Å². The molecule has 28 heavy (non-hydrogen) atoms. The fourth-order valence-electron chi connectivity index (χ4n) is 2.60. The molecule has 0 unspecified atom stereocenters. The minimum absolute atomic E-state index is 0.0657. The molecule has 1 heterocycles. The molecular formula is C18H28ClN3O5S. The zero-order chi connectivity index (χ0) is 20.4. The molecule has 158 valence electrons. The first-order chi connectivity index (χ1) is 13.4. The van der Waals surface area contributed by atoms with E-state index >= 15 is 0 Å². The van der Waals surface area contributed by atoms with Crippen LogP contribution < -0.4 is 14.8 Å². The summed E-state index contributed by atoms with van der Waals surface area (Å²) >= 11 is 6.12. The second-order valence-electron chi connectivity index (χ2n) is 6.44. The molecule has 2 N–H and O–H groups in total. The summed E-state index contributed by atoms with van der Waals surface area (Å²) in [5.41, 5.74) is 0. The highest BCUT2D eigenvalue weighted by Crippen LogP contribution is 2.27. The fraction of sp³-hybridized carbons (Fsp3) is 0.611. The van der Waals surface area contributed by atoms with Gasteiger partial charge in [0, 0.05) is 32.7 Å². The highest BCUT2D eigenvalue weighted by atomic mass is 35.5. The number of sulfonamides is 1. The average Bonchev–Trinajstić information content (AvgIpc) is 2.68. The summed E-state index contributed by atoms with van der Waals surface area (Å²) in [7, 11) is -3.61. The Morgan fingerprint density at radius 3 is 2.71 bits per heavy atom. The van der Waals surface area contributed by atoms with Crippen molar-refractivity contribution >= 4 is 27.5 Å². The molecule has 0 radical (unpaired) electrons. The zero-order valence-corrected chi connectivity index (χ0v) is 17.7. The molecule has 8 nitrogen and oxygen atoms in total. The van der Waals surface area contributed by atoms with Crippen molar-refractivity contribution in [2.24, 2.45) is 0 Å². The first-order valence-electron chi connectivity index (χ1n) is 9.41. The number of benzene rings is 1. The molecule has 1 amide bonds. The van der Waals surface area contributed by atoms with E-state index in [4.69, 9.17) is 21.1 Å². The molecule has 0 spiro atoms. The van der Waals surface area contributed by atoms with E-state index in [0.717, 1.165) is 45.7 Å². The van der Waals surface area contributed by atoms with Crippen LogP contribution in [0.15, 0.2) is 23.1 Å². The highest BCUT2D eigenvalue weighted by molar-refractivity contribution is 7.89. The van der Waals surface area contributed by atoms with Crippen LogP contribution in [0.2, 0.25) is 5.02 Å². The van der Waals surface area contributed by atoms with E-state index in [0.29, 0.717) is 13.1 Å². The molecular weight excluding hydrogens is 406 g/mol. The van der Waals surface area contributed by atoms with Crippen LogP contribution in [0.3, 0.4) is 0 Å². The molecule has 1 aromatic carbocycles. The van der Waals surface area contributed by atoms with Gasteiger partial charge in [-0.3, -0.25) is 9.69 Å². The van der Waals surface area contributed by atoms with Crippen molar-refractivity contribution in [3.8, 4) is 5.75 Å². The number of halogens is 1. The van der Waals surface area contributed by atoms with Crippen molar-refractivity contribution in [3.63, 3.8) is 0 Å². The lowest BCUT2D eigenvalue weighted by Gasteiger charge is -2.26. The lowest BCUT2D eigenvalue weighted by molar-refractivity contribution is -0.123. The Bertz CT molecular complexity index is 739. The minimum Gasteiger partial charge on any atom is -0.482 e. The van der Waals surface area contributed by atoms with Gasteiger partial charge in [-0.05, 0) is 24.6 Å². The number of hydrogen-bond donors (Lipinski definition) is 2. The van der Waals surface area contributed by atoms with Gasteiger partial charge < -0.3 is 14.8 Å². The largest absolute Gasteiger partial charge is 0.482 e. The maximum absolute atomic E-state index is 12.2. The van der Waals surface area contributed by atoms with Gasteiger partial charge in [-0.25, -0.2) is 13.1 Å². The van der Waals surface area contributed by atoms with Gasteiger partial charge in [0.05, 0.1) is 23.1 Å². The molecule has 1 aliphatic rings. The molecule has 2 rings (SSSR count). The summed E-state index contributed by atoms with van der Waals surface area (Å²) in [5, 5.41) is 2.93. The Labute approximate surface area is 171 Å². The summed E-state index contributed by atoms with van der Waals surface area (Å²) in [4.78, 5) is 14.2. The second kappa shape index (κ2) is 11.6. The van der Waals surface area contributed by atoms with E-state index in [-0.39, 0.29) is 28.2 Å². The van der Waals surface area contributed by atoms with Crippen molar-refractivity contribution in [1.29, 1.82) is 0 Å². The summed E-state index contributed by atoms with van der Waals surface area (Å²) in [6.07, 6.45) is 1.65. The van der Waals surface area contributed by atoms with Crippen molar-refractivity contribution in [3.05, 3.63) is 23.2 Å². The number of carbonyl (C=O) groups excluding carboxylic acids is 1. The van der Waals surface area contributed by atoms with Gasteiger partial charge >= 0.3 is 0 Å². The summed E-state index contributed by atoms with van der Waals surface area (Å²) in [5.74, 6) is -0.000222. The topological polar surface area (TPSA) is 97.0 Å². The predicted molar refractivity (Wildman–Crippen MR) is 107 cm³/mol. The van der Waals surface area contributed by atoms with Gasteiger partial charge in [0.15, 0.2) is 6.61 Å². The van der Waals surface area contributed by atoms with Gasteiger partial charge in [-0.1, -0.05) is 24.9 Å². The number of amides is 1. The zero-order valence-electron chi connectivity index (χ0n) is 16.1. The molecule has 1 aromatic rings. The van der Waals surface area contributed by atoms with E-state index in [1.54, 1.807) is 0 Å². The normalized spacial score (nSPS) is 15.4. The Kier molecular flexibility index (Phi) is 9.46. The van der Waals surface area contributed by atoms with Crippen molar-refractivity contribution in [1.82, 2.24) is 14.9 Å². The van der Waals surface area contributed by atoms with Crippen LogP contribution in [0.4, 0.5) is 0 Å². The van der Waals surface area contributed by atoms with Gasteiger partial charge in [-0.15, -0.1) is 0 Å². The molecule has 0 aromatic heterocycles.